The summed E-state index contributed by atoms with van der Waals surface area (Å²) in [6, 6.07) is 0. The Labute approximate surface area is 203 Å². The second-order valence-corrected chi connectivity index (χ2v) is 10.9. The predicted octanol–water partition coefficient (Wildman–Crippen LogP) is 10.1. The van der Waals surface area contributed by atoms with Gasteiger partial charge in [-0.3, -0.25) is 0 Å². The molecule has 2 unspecified atom stereocenters. The molecule has 0 amide bonds. The molecule has 186 valence electrons. The van der Waals surface area contributed by atoms with Gasteiger partial charge in [0, 0.05) is 11.1 Å². The Hall–Kier alpha value is -1.90. The molecule has 0 aliphatic rings. The average molecular weight is 456 g/mol. The van der Waals surface area contributed by atoms with Gasteiger partial charge in [0.1, 0.15) is 11.4 Å². The quantitative estimate of drug-likeness (QED) is 0.211. The molecular weight excluding hydrogens is 406 g/mol. The summed E-state index contributed by atoms with van der Waals surface area (Å²) in [6.07, 6.45) is 13.6. The molecule has 0 spiro atoms. The first kappa shape index (κ1) is 29.1. The molecular formula is C30H49NO2. The van der Waals surface area contributed by atoms with Gasteiger partial charge in [-0.2, -0.15) is 0 Å². The summed E-state index contributed by atoms with van der Waals surface area (Å²) in [7, 11) is 0. The first-order valence-corrected chi connectivity index (χ1v) is 13.0. The second-order valence-electron chi connectivity index (χ2n) is 10.9. The number of hydrogen-bond acceptors (Lipinski definition) is 3. The predicted molar refractivity (Wildman–Crippen MR) is 145 cm³/mol. The summed E-state index contributed by atoms with van der Waals surface area (Å²) in [5.74, 6) is 2.66. The molecule has 0 saturated heterocycles. The zero-order valence-corrected chi connectivity index (χ0v) is 22.7. The van der Waals surface area contributed by atoms with Crippen LogP contribution in [-0.4, -0.2) is 5.11 Å². The van der Waals surface area contributed by atoms with Crippen molar-refractivity contribution in [3.63, 3.8) is 0 Å². The number of allylic oxidation sites excluding steroid dienone is 3. The minimum absolute atomic E-state index is 0.227. The third-order valence-electron chi connectivity index (χ3n) is 7.21. The summed E-state index contributed by atoms with van der Waals surface area (Å²) in [6.45, 7) is 21.2. The number of hydrogen-bond donors (Lipinski definition) is 1. The zero-order chi connectivity index (χ0) is 25.1. The maximum Gasteiger partial charge on any atom is 0.122 e. The van der Waals surface area contributed by atoms with E-state index in [1.165, 1.54) is 50.5 Å². The van der Waals surface area contributed by atoms with Gasteiger partial charge in [0.05, 0.1) is 0 Å². The van der Waals surface area contributed by atoms with Gasteiger partial charge < -0.3 is 5.11 Å². The Kier molecular flexibility index (Phi) is 12.7. The largest absolute Gasteiger partial charge is 0.507 e. The molecule has 0 aliphatic heterocycles. The minimum Gasteiger partial charge on any atom is -0.507 e. The summed E-state index contributed by atoms with van der Waals surface area (Å²) in [4.78, 5) is 11.5. The normalized spacial score (nSPS) is 13.9. The van der Waals surface area contributed by atoms with Crippen molar-refractivity contribution in [2.45, 2.75) is 113 Å². The second kappa shape index (κ2) is 14.4. The van der Waals surface area contributed by atoms with E-state index in [2.05, 4.69) is 52.5 Å². The molecule has 0 heterocycles. The number of nitrogens with zero attached hydrogens (tertiary/aromatic N) is 1. The molecule has 0 radical (unpaired) electrons. The zero-order valence-electron chi connectivity index (χ0n) is 22.7. The van der Waals surface area contributed by atoms with Gasteiger partial charge in [-0.05, 0) is 80.2 Å². The topological polar surface area (TPSA) is 49.7 Å². The molecule has 0 fully saturated rings. The van der Waals surface area contributed by atoms with Gasteiger partial charge in [0.2, 0.25) is 0 Å². The molecule has 33 heavy (non-hydrogen) atoms. The highest BCUT2D eigenvalue weighted by atomic mass is 16.3. The van der Waals surface area contributed by atoms with Crippen molar-refractivity contribution in [1.29, 1.82) is 0 Å². The van der Waals surface area contributed by atoms with Crippen molar-refractivity contribution in [3.05, 3.63) is 45.4 Å². The molecule has 1 N–H and O–H groups in total. The van der Waals surface area contributed by atoms with E-state index >= 15 is 0 Å². The van der Waals surface area contributed by atoms with Gasteiger partial charge in [-0.1, -0.05) is 90.9 Å². The average Bonchev–Trinajstić information content (AvgIpc) is 2.74. The highest BCUT2D eigenvalue weighted by Crippen LogP contribution is 2.41. The van der Waals surface area contributed by atoms with Crippen molar-refractivity contribution in [2.24, 2.45) is 22.9 Å². The van der Waals surface area contributed by atoms with Crippen LogP contribution in [0.4, 0.5) is 5.69 Å². The van der Waals surface area contributed by atoms with E-state index in [1.807, 2.05) is 20.8 Å². The van der Waals surface area contributed by atoms with Crippen molar-refractivity contribution < 1.29 is 5.11 Å². The standard InChI is InChI=1S/C30H49NO2/c1-20(2)13-10-14-21(3)15-11-16-22(4)17-12-18-23(5)19-24(6)28-27(9)30(32)26(8)25(7)29(28)31-33/h19-22,32H,6,10-18H2,1-5,7-9H3/b23-19-. The maximum atomic E-state index is 11.5. The number of phenolic OH excluding ortho intramolecular Hbond substituents is 1. The van der Waals surface area contributed by atoms with Crippen LogP contribution in [0.1, 0.15) is 115 Å². The molecule has 3 heteroatoms. The van der Waals surface area contributed by atoms with E-state index in [0.29, 0.717) is 22.4 Å². The fourth-order valence-electron chi connectivity index (χ4n) is 4.78. The maximum absolute atomic E-state index is 11.5. The van der Waals surface area contributed by atoms with E-state index in [1.54, 1.807) is 0 Å². The molecule has 0 bridgehead atoms. The van der Waals surface area contributed by atoms with Crippen molar-refractivity contribution in [3.8, 4) is 5.75 Å². The SMILES string of the molecule is C=C(/C=C(/C)CCCC(C)CCCC(C)CCCC(C)C)c1c(C)c(O)c(C)c(C)c1N=O. The molecule has 1 aromatic rings. The van der Waals surface area contributed by atoms with Gasteiger partial charge in [0.25, 0.3) is 0 Å². The van der Waals surface area contributed by atoms with Crippen molar-refractivity contribution in [1.82, 2.24) is 0 Å². The molecule has 0 aromatic heterocycles. The molecule has 0 saturated carbocycles. The van der Waals surface area contributed by atoms with Crippen LogP contribution in [0.5, 0.6) is 5.75 Å². The molecule has 0 aliphatic carbocycles. The van der Waals surface area contributed by atoms with Crippen LogP contribution in [0, 0.1) is 43.4 Å². The summed E-state index contributed by atoms with van der Waals surface area (Å²) < 4.78 is 0. The summed E-state index contributed by atoms with van der Waals surface area (Å²) in [5, 5.41) is 13.7. The van der Waals surface area contributed by atoms with Crippen LogP contribution in [0.2, 0.25) is 0 Å². The fourth-order valence-corrected chi connectivity index (χ4v) is 4.78. The van der Waals surface area contributed by atoms with Crippen LogP contribution in [-0.2, 0) is 0 Å². The van der Waals surface area contributed by atoms with Crippen LogP contribution < -0.4 is 0 Å². The lowest BCUT2D eigenvalue weighted by molar-refractivity contribution is 0.389. The minimum atomic E-state index is 0.227. The highest BCUT2D eigenvalue weighted by Gasteiger charge is 2.19. The number of benzene rings is 1. The lowest BCUT2D eigenvalue weighted by Crippen LogP contribution is -2.00. The van der Waals surface area contributed by atoms with Gasteiger partial charge in [0.15, 0.2) is 0 Å². The van der Waals surface area contributed by atoms with E-state index in [-0.39, 0.29) is 5.75 Å². The Morgan fingerprint density at radius 3 is 1.91 bits per heavy atom. The van der Waals surface area contributed by atoms with E-state index in [0.717, 1.165) is 41.7 Å². The summed E-state index contributed by atoms with van der Waals surface area (Å²) >= 11 is 0. The van der Waals surface area contributed by atoms with Crippen molar-refractivity contribution >= 4 is 11.3 Å². The summed E-state index contributed by atoms with van der Waals surface area (Å²) in [5.41, 5.74) is 5.16. The van der Waals surface area contributed by atoms with Gasteiger partial charge in [-0.15, -0.1) is 4.91 Å². The Bertz CT molecular complexity index is 819. The number of phenols is 1. The Morgan fingerprint density at radius 2 is 1.39 bits per heavy atom. The lowest BCUT2D eigenvalue weighted by Gasteiger charge is -2.16. The Balaban J connectivity index is 2.52. The van der Waals surface area contributed by atoms with Gasteiger partial charge in [-0.25, -0.2) is 0 Å². The van der Waals surface area contributed by atoms with Crippen molar-refractivity contribution in [2.75, 3.05) is 0 Å². The number of rotatable bonds is 15. The molecule has 1 rings (SSSR count). The Morgan fingerprint density at radius 1 is 0.879 bits per heavy atom. The van der Waals surface area contributed by atoms with E-state index in [9.17, 15) is 10.0 Å². The highest BCUT2D eigenvalue weighted by molar-refractivity contribution is 5.85. The third kappa shape index (κ3) is 9.47. The molecule has 1 aromatic carbocycles. The fraction of sp³-hybridized carbons (Fsp3) is 0.667. The third-order valence-corrected chi connectivity index (χ3v) is 7.21. The van der Waals surface area contributed by atoms with Crippen LogP contribution >= 0.6 is 0 Å². The van der Waals surface area contributed by atoms with Crippen LogP contribution in [0.25, 0.3) is 5.57 Å². The number of aromatic hydroxyl groups is 1. The molecule has 3 nitrogen and oxygen atoms in total. The van der Waals surface area contributed by atoms with E-state index in [4.69, 9.17) is 0 Å². The number of nitroso groups, excluding NO2 is 1. The monoisotopic (exact) mass is 455 g/mol. The molecule has 2 atom stereocenters. The lowest BCUT2D eigenvalue weighted by atomic mass is 9.90. The van der Waals surface area contributed by atoms with Crippen LogP contribution in [0.15, 0.2) is 23.4 Å². The first-order valence-electron chi connectivity index (χ1n) is 13.0. The smallest absolute Gasteiger partial charge is 0.122 e. The first-order chi connectivity index (χ1) is 15.5. The van der Waals surface area contributed by atoms with E-state index < -0.39 is 0 Å². The van der Waals surface area contributed by atoms with Gasteiger partial charge >= 0.3 is 0 Å². The van der Waals surface area contributed by atoms with Crippen LogP contribution in [0.3, 0.4) is 0 Å².